The second kappa shape index (κ2) is 11.3. The van der Waals surface area contributed by atoms with Crippen molar-refractivity contribution in [1.29, 1.82) is 0 Å². The number of allylic oxidation sites excluding steroid dienone is 1. The monoisotopic (exact) mass is 569 g/mol. The van der Waals surface area contributed by atoms with Crippen LogP contribution in [0, 0.1) is 5.92 Å². The summed E-state index contributed by atoms with van der Waals surface area (Å²) in [7, 11) is -3.90. The molecule has 0 amide bonds. The van der Waals surface area contributed by atoms with Crippen LogP contribution in [0.25, 0.3) is 11.3 Å². The van der Waals surface area contributed by atoms with Crippen LogP contribution in [0.5, 0.6) is 0 Å². The zero-order chi connectivity index (χ0) is 28.4. The summed E-state index contributed by atoms with van der Waals surface area (Å²) >= 11 is 1.32. The highest BCUT2D eigenvalue weighted by Gasteiger charge is 2.54. The van der Waals surface area contributed by atoms with Gasteiger partial charge in [-0.2, -0.15) is 0 Å². The van der Waals surface area contributed by atoms with Crippen molar-refractivity contribution in [3.8, 4) is 11.3 Å². The molecule has 0 aliphatic carbocycles. The van der Waals surface area contributed by atoms with Crippen LogP contribution in [-0.2, 0) is 34.6 Å². The van der Waals surface area contributed by atoms with E-state index in [1.807, 2.05) is 37.3 Å². The summed E-state index contributed by atoms with van der Waals surface area (Å²) in [5.74, 6) is -2.54. The Morgan fingerprint density at radius 1 is 1.08 bits per heavy atom. The first kappa shape index (κ1) is 28.5. The van der Waals surface area contributed by atoms with Gasteiger partial charge in [-0.05, 0) is 45.4 Å². The first-order valence-electron chi connectivity index (χ1n) is 12.5. The summed E-state index contributed by atoms with van der Waals surface area (Å²) in [5, 5.41) is 11.1. The summed E-state index contributed by atoms with van der Waals surface area (Å²) in [6, 6.07) is 15.6. The number of benzene rings is 2. The molecular weight excluding hydrogens is 538 g/mol. The molecule has 0 spiro atoms. The quantitative estimate of drug-likeness (QED) is 0.387. The molecule has 9 nitrogen and oxygen atoms in total. The van der Waals surface area contributed by atoms with Crippen molar-refractivity contribution < 1.29 is 27.5 Å². The van der Waals surface area contributed by atoms with E-state index in [-0.39, 0.29) is 18.1 Å². The van der Waals surface area contributed by atoms with Crippen molar-refractivity contribution in [1.82, 2.24) is 10.3 Å². The lowest BCUT2D eigenvalue weighted by atomic mass is 9.67. The topological polar surface area (TPSA) is 138 Å². The third-order valence-electron chi connectivity index (χ3n) is 6.72. The Morgan fingerprint density at radius 2 is 1.77 bits per heavy atom. The minimum absolute atomic E-state index is 0.0250. The maximum Gasteiger partial charge on any atom is 0.336 e. The van der Waals surface area contributed by atoms with Crippen LogP contribution in [0.3, 0.4) is 0 Å². The van der Waals surface area contributed by atoms with Crippen molar-refractivity contribution in [3.05, 3.63) is 81.8 Å². The fraction of sp³-hybridized carbons (Fsp3) is 0.321. The van der Waals surface area contributed by atoms with Gasteiger partial charge in [0, 0.05) is 22.6 Å². The highest BCUT2D eigenvalue weighted by molar-refractivity contribution is 7.89. The Morgan fingerprint density at radius 3 is 2.41 bits per heavy atom. The average Bonchev–Trinajstić information content (AvgIpc) is 3.40. The number of nitrogens with zero attached hydrogens (tertiary/aromatic N) is 1. The Bertz CT molecular complexity index is 1520. The molecule has 2 aromatic carbocycles. The fourth-order valence-electron chi connectivity index (χ4n) is 5.04. The second-order valence-corrected chi connectivity index (χ2v) is 11.7. The Labute approximate surface area is 232 Å². The highest BCUT2D eigenvalue weighted by atomic mass is 32.2. The molecule has 11 heteroatoms. The van der Waals surface area contributed by atoms with E-state index in [0.29, 0.717) is 27.5 Å². The van der Waals surface area contributed by atoms with Crippen LogP contribution in [0.2, 0.25) is 0 Å². The molecule has 0 radical (unpaired) electrons. The van der Waals surface area contributed by atoms with E-state index in [4.69, 9.17) is 19.6 Å². The summed E-state index contributed by atoms with van der Waals surface area (Å²) in [6.07, 6.45) is 0. The number of hydrogen-bond donors (Lipinski definition) is 2. The van der Waals surface area contributed by atoms with Gasteiger partial charge in [0.2, 0.25) is 10.0 Å². The lowest BCUT2D eigenvalue weighted by Gasteiger charge is -2.45. The molecule has 2 heterocycles. The Balaban J connectivity index is 1.90. The van der Waals surface area contributed by atoms with Crippen LogP contribution in [-0.4, -0.2) is 38.6 Å². The van der Waals surface area contributed by atoms with Crippen molar-refractivity contribution in [2.45, 2.75) is 44.0 Å². The van der Waals surface area contributed by atoms with Crippen molar-refractivity contribution in [3.63, 3.8) is 0 Å². The van der Waals surface area contributed by atoms with Gasteiger partial charge in [-0.3, -0.25) is 4.79 Å². The lowest BCUT2D eigenvalue weighted by Crippen LogP contribution is -2.55. The van der Waals surface area contributed by atoms with Crippen molar-refractivity contribution in [2.75, 3.05) is 13.2 Å². The molecule has 3 N–H and O–H groups in total. The molecular formula is C28H31N3O6S2. The van der Waals surface area contributed by atoms with Crippen LogP contribution in [0.15, 0.2) is 76.1 Å². The third-order valence-corrected chi connectivity index (χ3v) is 8.71. The Kier molecular flexibility index (Phi) is 8.24. The van der Waals surface area contributed by atoms with Crippen LogP contribution >= 0.6 is 11.3 Å². The number of nitrogens with one attached hydrogen (secondary N) is 1. The van der Waals surface area contributed by atoms with Gasteiger partial charge in [0.05, 0.1) is 35.3 Å². The fourth-order valence-corrected chi connectivity index (χ4v) is 6.59. The number of aromatic nitrogens is 1. The maximum absolute atomic E-state index is 13.7. The number of thiazole rings is 1. The smallest absolute Gasteiger partial charge is 0.336 e. The highest BCUT2D eigenvalue weighted by Crippen LogP contribution is 2.49. The van der Waals surface area contributed by atoms with E-state index < -0.39 is 39.3 Å². The van der Waals surface area contributed by atoms with Gasteiger partial charge in [0.25, 0.3) is 0 Å². The standard InChI is InChI=1S/C28H31N3O6S2/c1-5-36-25(32)22-17(3)31-28(4,24(26(33)37-6-2)23(22)18-11-8-7-9-12-18)27-30-21(16-38-27)19-13-10-14-20(15-19)39(29,34)35/h7-16,23-24,31H,5-6H2,1-4H3,(H2,29,34,35). The Hall–Kier alpha value is -3.54. The molecule has 4 rings (SSSR count). The molecule has 3 atom stereocenters. The number of sulfonamides is 1. The summed E-state index contributed by atoms with van der Waals surface area (Å²) < 4.78 is 34.8. The molecule has 0 saturated heterocycles. The lowest BCUT2D eigenvalue weighted by molar-refractivity contribution is -0.152. The van der Waals surface area contributed by atoms with Gasteiger partial charge in [0.15, 0.2) is 0 Å². The number of ether oxygens (including phenoxy) is 2. The molecule has 0 fully saturated rings. The number of primary sulfonamides is 1. The summed E-state index contributed by atoms with van der Waals surface area (Å²) in [6.45, 7) is 7.46. The normalized spacial score (nSPS) is 21.3. The summed E-state index contributed by atoms with van der Waals surface area (Å²) in [5.41, 5.74) is 1.71. The van der Waals surface area contributed by atoms with Crippen LogP contribution in [0.4, 0.5) is 0 Å². The molecule has 3 unspecified atom stereocenters. The molecule has 206 valence electrons. The van der Waals surface area contributed by atoms with Crippen molar-refractivity contribution in [2.24, 2.45) is 11.1 Å². The zero-order valence-electron chi connectivity index (χ0n) is 22.1. The minimum atomic E-state index is -3.90. The van der Waals surface area contributed by atoms with E-state index in [1.54, 1.807) is 38.3 Å². The molecule has 1 aliphatic rings. The number of carbonyl (C=O) groups is 2. The number of nitrogens with two attached hydrogens (primary N) is 1. The molecule has 0 bridgehead atoms. The zero-order valence-corrected chi connectivity index (χ0v) is 23.8. The first-order chi connectivity index (χ1) is 18.5. The van der Waals surface area contributed by atoms with Gasteiger partial charge in [-0.1, -0.05) is 42.5 Å². The molecule has 0 saturated carbocycles. The average molecular weight is 570 g/mol. The van der Waals surface area contributed by atoms with Gasteiger partial charge >= 0.3 is 11.9 Å². The number of carbonyl (C=O) groups excluding carboxylic acids is 2. The number of esters is 2. The predicted molar refractivity (Wildman–Crippen MR) is 148 cm³/mol. The van der Waals surface area contributed by atoms with E-state index in [0.717, 1.165) is 5.56 Å². The first-order valence-corrected chi connectivity index (χ1v) is 14.9. The minimum Gasteiger partial charge on any atom is -0.466 e. The van der Waals surface area contributed by atoms with Crippen LogP contribution in [0.1, 0.15) is 44.2 Å². The van der Waals surface area contributed by atoms with E-state index >= 15 is 0 Å². The number of rotatable bonds is 8. The molecule has 3 aromatic rings. The molecule has 39 heavy (non-hydrogen) atoms. The maximum atomic E-state index is 13.7. The largest absolute Gasteiger partial charge is 0.466 e. The molecule has 1 aliphatic heterocycles. The van der Waals surface area contributed by atoms with E-state index in [9.17, 15) is 18.0 Å². The van der Waals surface area contributed by atoms with Crippen molar-refractivity contribution >= 4 is 33.3 Å². The molecule has 1 aromatic heterocycles. The summed E-state index contributed by atoms with van der Waals surface area (Å²) in [4.78, 5) is 31.7. The SMILES string of the molecule is CCOC(=O)C1=C(C)NC(C)(c2nc(-c3cccc(S(N)(=O)=O)c3)cs2)C(C(=O)OCC)C1c1ccccc1. The van der Waals surface area contributed by atoms with Crippen LogP contribution < -0.4 is 10.5 Å². The second-order valence-electron chi connectivity index (χ2n) is 9.32. The van der Waals surface area contributed by atoms with Gasteiger partial charge in [-0.15, -0.1) is 11.3 Å². The number of hydrogen-bond acceptors (Lipinski definition) is 9. The van der Waals surface area contributed by atoms with E-state index in [1.165, 1.54) is 23.5 Å². The van der Waals surface area contributed by atoms with Gasteiger partial charge in [0.1, 0.15) is 10.5 Å². The van der Waals surface area contributed by atoms with Gasteiger partial charge in [-0.25, -0.2) is 23.3 Å². The van der Waals surface area contributed by atoms with E-state index in [2.05, 4.69) is 5.32 Å². The van der Waals surface area contributed by atoms with Gasteiger partial charge < -0.3 is 14.8 Å². The predicted octanol–water partition coefficient (Wildman–Crippen LogP) is 4.08. The third kappa shape index (κ3) is 5.61.